The number of hydrogen-bond acceptors (Lipinski definition) is 6. The highest BCUT2D eigenvalue weighted by molar-refractivity contribution is 7.99. The van der Waals surface area contributed by atoms with Gasteiger partial charge in [-0.1, -0.05) is 34.6 Å². The van der Waals surface area contributed by atoms with Crippen molar-refractivity contribution in [1.29, 1.82) is 0 Å². The van der Waals surface area contributed by atoms with Crippen LogP contribution < -0.4 is 10.6 Å². The van der Waals surface area contributed by atoms with Gasteiger partial charge in [0.1, 0.15) is 5.78 Å². The Balaban J connectivity index is 3.00. The van der Waals surface area contributed by atoms with E-state index in [4.69, 9.17) is 0 Å². The number of nitrogens with zero attached hydrogens (tertiary/aromatic N) is 1. The van der Waals surface area contributed by atoms with Gasteiger partial charge < -0.3 is 20.8 Å². The van der Waals surface area contributed by atoms with E-state index < -0.39 is 11.0 Å². The predicted octanol–water partition coefficient (Wildman–Crippen LogP) is 5.04. The zero-order valence-corrected chi connectivity index (χ0v) is 23.9. The molecule has 1 amide bonds. The van der Waals surface area contributed by atoms with Gasteiger partial charge in [0.05, 0.1) is 10.9 Å². The highest BCUT2D eigenvalue weighted by Crippen LogP contribution is 2.44. The second-order valence-electron chi connectivity index (χ2n) is 12.6. The van der Waals surface area contributed by atoms with Crippen molar-refractivity contribution < 1.29 is 19.8 Å². The van der Waals surface area contributed by atoms with Crippen molar-refractivity contribution in [2.45, 2.75) is 111 Å². The van der Waals surface area contributed by atoms with Gasteiger partial charge in [-0.2, -0.15) is 0 Å². The minimum atomic E-state index is -0.739. The lowest BCUT2D eigenvalue weighted by molar-refractivity contribution is -0.133. The molecule has 1 heterocycles. The monoisotopic (exact) mass is 497 g/mol. The third kappa shape index (κ3) is 8.52. The number of aromatic nitrogens is 1. The first-order chi connectivity index (χ1) is 15.2. The number of amides is 1. The molecule has 34 heavy (non-hydrogen) atoms. The number of aromatic hydroxyl groups is 2. The molecule has 4 N–H and O–H groups in total. The van der Waals surface area contributed by atoms with Crippen molar-refractivity contribution in [1.82, 2.24) is 15.2 Å². The standard InChI is InChI=1S/C26H47N3O4S/c1-17(30)18(27-11)12-13-34-19-14-20(31)29(21(19)32)26(9,10)16-24(5,6)22(33)28-25(7,8)15-23(2,3)4/h14,18,27,31-32H,12-13,15-16H2,1-11H3,(H,28,33). The van der Waals surface area contributed by atoms with Crippen LogP contribution in [0.1, 0.15) is 88.5 Å². The van der Waals surface area contributed by atoms with E-state index in [1.165, 1.54) is 16.3 Å². The number of Topliss-reactive ketones (excluding diaryl/α,β-unsaturated/α-hetero) is 1. The van der Waals surface area contributed by atoms with Crippen molar-refractivity contribution in [3.8, 4) is 11.8 Å². The van der Waals surface area contributed by atoms with Crippen LogP contribution in [0.25, 0.3) is 0 Å². The van der Waals surface area contributed by atoms with Crippen LogP contribution in [0.5, 0.6) is 11.8 Å². The van der Waals surface area contributed by atoms with Crippen LogP contribution in [0.3, 0.4) is 0 Å². The fraction of sp³-hybridized carbons (Fsp3) is 0.769. The average Bonchev–Trinajstić information content (AvgIpc) is 2.89. The molecule has 0 aliphatic heterocycles. The smallest absolute Gasteiger partial charge is 0.226 e. The molecule has 1 atom stereocenters. The Morgan fingerprint density at radius 3 is 2.06 bits per heavy atom. The maximum absolute atomic E-state index is 13.3. The summed E-state index contributed by atoms with van der Waals surface area (Å²) in [6.45, 7) is 19.7. The summed E-state index contributed by atoms with van der Waals surface area (Å²) in [6, 6.07) is 1.31. The van der Waals surface area contributed by atoms with Gasteiger partial charge in [-0.3, -0.25) is 14.2 Å². The molecule has 0 aliphatic carbocycles. The molecule has 0 aliphatic rings. The van der Waals surface area contributed by atoms with Crippen molar-refractivity contribution >= 4 is 23.5 Å². The molecule has 8 heteroatoms. The molecular formula is C26H47N3O4S. The van der Waals surface area contributed by atoms with Crippen LogP contribution in [0.2, 0.25) is 0 Å². The molecule has 0 spiro atoms. The molecule has 0 radical (unpaired) electrons. The molecule has 1 aromatic heterocycles. The van der Waals surface area contributed by atoms with Crippen LogP contribution in [0, 0.1) is 10.8 Å². The molecule has 0 saturated heterocycles. The van der Waals surface area contributed by atoms with E-state index in [2.05, 4.69) is 31.4 Å². The van der Waals surface area contributed by atoms with Crippen molar-refractivity contribution in [2.24, 2.45) is 10.8 Å². The first-order valence-corrected chi connectivity index (χ1v) is 13.0. The minimum absolute atomic E-state index is 0.0272. The number of carbonyl (C=O) groups excluding carboxylic acids is 2. The fourth-order valence-electron chi connectivity index (χ4n) is 5.09. The number of hydrogen-bond donors (Lipinski definition) is 4. The van der Waals surface area contributed by atoms with E-state index in [0.29, 0.717) is 23.5 Å². The molecule has 0 fully saturated rings. The fourth-order valence-corrected chi connectivity index (χ4v) is 6.08. The number of thioether (sulfide) groups is 1. The van der Waals surface area contributed by atoms with Gasteiger partial charge in [0.2, 0.25) is 11.8 Å². The highest BCUT2D eigenvalue weighted by Gasteiger charge is 2.40. The number of rotatable bonds is 12. The lowest BCUT2D eigenvalue weighted by atomic mass is 9.77. The lowest BCUT2D eigenvalue weighted by Gasteiger charge is -2.39. The van der Waals surface area contributed by atoms with Crippen LogP contribution in [0.15, 0.2) is 11.0 Å². The number of carbonyl (C=O) groups is 2. The lowest BCUT2D eigenvalue weighted by Crippen LogP contribution is -2.51. The third-order valence-electron chi connectivity index (χ3n) is 5.94. The second kappa shape index (κ2) is 10.9. The van der Waals surface area contributed by atoms with Gasteiger partial charge >= 0.3 is 0 Å². The van der Waals surface area contributed by atoms with Crippen LogP contribution >= 0.6 is 11.8 Å². The van der Waals surface area contributed by atoms with Crippen LogP contribution in [0.4, 0.5) is 0 Å². The summed E-state index contributed by atoms with van der Waals surface area (Å²) in [7, 11) is 1.75. The Bertz CT molecular complexity index is 866. The molecule has 1 rings (SSSR count). The van der Waals surface area contributed by atoms with E-state index in [1.807, 2.05) is 41.5 Å². The molecule has 0 aromatic carbocycles. The molecular weight excluding hydrogens is 450 g/mol. The summed E-state index contributed by atoms with van der Waals surface area (Å²) in [4.78, 5) is 25.4. The summed E-state index contributed by atoms with van der Waals surface area (Å²) in [5.74, 6) is 0.545. The Hall–Kier alpha value is -1.67. The van der Waals surface area contributed by atoms with Gasteiger partial charge in [-0.05, 0) is 66.3 Å². The number of likely N-dealkylation sites (N-methyl/N-ethyl adjacent to an activating group) is 1. The van der Waals surface area contributed by atoms with Gasteiger partial charge in [0.15, 0.2) is 5.88 Å². The van der Waals surface area contributed by atoms with E-state index in [-0.39, 0.29) is 40.4 Å². The molecule has 1 unspecified atom stereocenters. The Labute approximate surface area is 210 Å². The number of nitrogens with one attached hydrogen (secondary N) is 2. The zero-order valence-electron chi connectivity index (χ0n) is 23.0. The maximum Gasteiger partial charge on any atom is 0.226 e. The Morgan fingerprint density at radius 2 is 1.59 bits per heavy atom. The van der Waals surface area contributed by atoms with Gasteiger partial charge in [-0.25, -0.2) is 0 Å². The molecule has 1 aromatic rings. The SMILES string of the molecule is CNC(CCSc1cc(O)n(C(C)(C)CC(C)(C)C(=O)NC(C)(C)CC(C)(C)C)c1O)C(C)=O. The van der Waals surface area contributed by atoms with Crippen molar-refractivity contribution in [2.75, 3.05) is 12.8 Å². The first-order valence-electron chi connectivity index (χ1n) is 12.0. The summed E-state index contributed by atoms with van der Waals surface area (Å²) >= 11 is 1.39. The van der Waals surface area contributed by atoms with E-state index in [1.54, 1.807) is 20.0 Å². The Morgan fingerprint density at radius 1 is 1.03 bits per heavy atom. The maximum atomic E-state index is 13.3. The van der Waals surface area contributed by atoms with Crippen LogP contribution in [-0.4, -0.2) is 50.9 Å². The number of ketones is 1. The third-order valence-corrected chi connectivity index (χ3v) is 6.99. The summed E-state index contributed by atoms with van der Waals surface area (Å²) in [5.41, 5.74) is -1.75. The molecule has 196 valence electrons. The summed E-state index contributed by atoms with van der Waals surface area (Å²) < 4.78 is 1.49. The van der Waals surface area contributed by atoms with E-state index in [0.717, 1.165) is 6.42 Å². The predicted molar refractivity (Wildman–Crippen MR) is 141 cm³/mol. The Kier molecular flexibility index (Phi) is 9.77. The molecule has 0 saturated carbocycles. The van der Waals surface area contributed by atoms with Gasteiger partial charge in [0.25, 0.3) is 0 Å². The van der Waals surface area contributed by atoms with E-state index >= 15 is 0 Å². The van der Waals surface area contributed by atoms with Gasteiger partial charge in [0, 0.05) is 28.3 Å². The molecule has 0 bridgehead atoms. The van der Waals surface area contributed by atoms with Crippen LogP contribution in [-0.2, 0) is 15.1 Å². The van der Waals surface area contributed by atoms with Crippen molar-refractivity contribution in [3.63, 3.8) is 0 Å². The van der Waals surface area contributed by atoms with E-state index in [9.17, 15) is 19.8 Å². The van der Waals surface area contributed by atoms with Gasteiger partial charge in [-0.15, -0.1) is 11.8 Å². The summed E-state index contributed by atoms with van der Waals surface area (Å²) in [6.07, 6.45) is 1.86. The molecule has 7 nitrogen and oxygen atoms in total. The largest absolute Gasteiger partial charge is 0.494 e. The quantitative estimate of drug-likeness (QED) is 0.302. The highest BCUT2D eigenvalue weighted by atomic mass is 32.2. The van der Waals surface area contributed by atoms with Crippen molar-refractivity contribution in [3.05, 3.63) is 6.07 Å². The average molecular weight is 498 g/mol. The minimum Gasteiger partial charge on any atom is -0.494 e. The zero-order chi connectivity index (χ0) is 26.7. The second-order valence-corrected chi connectivity index (χ2v) is 13.7. The topological polar surface area (TPSA) is 104 Å². The normalized spacial score (nSPS) is 14.2. The summed E-state index contributed by atoms with van der Waals surface area (Å²) in [5, 5.41) is 27.8. The first kappa shape index (κ1) is 30.4.